The number of piperidine rings is 1. The number of nitrogens with zero attached hydrogens (tertiary/aromatic N) is 3. The fourth-order valence-corrected chi connectivity index (χ4v) is 7.24. The summed E-state index contributed by atoms with van der Waals surface area (Å²) in [6.07, 6.45) is 5.26. The van der Waals surface area contributed by atoms with Crippen molar-refractivity contribution in [2.24, 2.45) is 11.8 Å². The van der Waals surface area contributed by atoms with Crippen LogP contribution in [0.15, 0.2) is 35.2 Å². The first-order chi connectivity index (χ1) is 16.8. The van der Waals surface area contributed by atoms with Crippen molar-refractivity contribution in [3.63, 3.8) is 0 Å². The third-order valence-electron chi connectivity index (χ3n) is 7.80. The van der Waals surface area contributed by atoms with Crippen LogP contribution in [0.5, 0.6) is 0 Å². The third-order valence-corrected chi connectivity index (χ3v) is 9.63. The highest BCUT2D eigenvalue weighted by Crippen LogP contribution is 2.32. The van der Waals surface area contributed by atoms with Crippen LogP contribution in [0.25, 0.3) is 0 Å². The average molecular weight is 507 g/mol. The normalized spacial score (nSPS) is 25.0. The summed E-state index contributed by atoms with van der Waals surface area (Å²) in [5.41, 5.74) is 0. The number of piperazine rings is 1. The minimum atomic E-state index is -3.89. The van der Waals surface area contributed by atoms with E-state index in [4.69, 9.17) is 0 Å². The van der Waals surface area contributed by atoms with Crippen LogP contribution in [0.1, 0.15) is 38.5 Å². The SMILES string of the molecule is O=C(O)CN(CC1CCC(C(=O)N2CCN(C3CCNCC3)CC2)CC1)S(=O)(=O)c1ccccc1. The molecule has 2 saturated heterocycles. The molecule has 0 spiro atoms. The van der Waals surface area contributed by atoms with E-state index in [9.17, 15) is 23.1 Å². The number of hydrogen-bond acceptors (Lipinski definition) is 6. The van der Waals surface area contributed by atoms with Crippen molar-refractivity contribution in [2.75, 3.05) is 52.4 Å². The van der Waals surface area contributed by atoms with Gasteiger partial charge in [0.2, 0.25) is 15.9 Å². The summed E-state index contributed by atoms with van der Waals surface area (Å²) in [5.74, 6) is -0.909. The molecule has 1 aromatic carbocycles. The summed E-state index contributed by atoms with van der Waals surface area (Å²) < 4.78 is 27.2. The number of carboxylic acids is 1. The minimum Gasteiger partial charge on any atom is -0.480 e. The monoisotopic (exact) mass is 506 g/mol. The molecule has 1 amide bonds. The molecule has 0 atom stereocenters. The van der Waals surface area contributed by atoms with E-state index in [0.717, 1.165) is 69.3 Å². The summed E-state index contributed by atoms with van der Waals surface area (Å²) >= 11 is 0. The van der Waals surface area contributed by atoms with E-state index >= 15 is 0 Å². The molecule has 194 valence electrons. The molecule has 0 unspecified atom stereocenters. The Bertz CT molecular complexity index is 951. The van der Waals surface area contributed by atoms with Gasteiger partial charge in [0.1, 0.15) is 6.54 Å². The van der Waals surface area contributed by atoms with Gasteiger partial charge in [0, 0.05) is 44.7 Å². The van der Waals surface area contributed by atoms with Gasteiger partial charge in [-0.25, -0.2) is 8.42 Å². The second-order valence-electron chi connectivity index (χ2n) is 10.1. The second kappa shape index (κ2) is 11.8. The summed E-state index contributed by atoms with van der Waals surface area (Å²) in [5, 5.41) is 12.7. The van der Waals surface area contributed by atoms with Gasteiger partial charge in [-0.15, -0.1) is 0 Å². The van der Waals surface area contributed by atoms with Crippen LogP contribution >= 0.6 is 0 Å². The van der Waals surface area contributed by atoms with Crippen molar-refractivity contribution in [2.45, 2.75) is 49.5 Å². The lowest BCUT2D eigenvalue weighted by Gasteiger charge is -2.42. The van der Waals surface area contributed by atoms with Gasteiger partial charge < -0.3 is 15.3 Å². The largest absolute Gasteiger partial charge is 0.480 e. The molecule has 35 heavy (non-hydrogen) atoms. The fraction of sp³-hybridized carbons (Fsp3) is 0.680. The van der Waals surface area contributed by atoms with Crippen molar-refractivity contribution in [3.05, 3.63) is 30.3 Å². The topological polar surface area (TPSA) is 110 Å². The first kappa shape index (κ1) is 26.1. The molecule has 9 nitrogen and oxygen atoms in total. The summed E-state index contributed by atoms with van der Waals surface area (Å²) in [6, 6.07) is 8.61. The summed E-state index contributed by atoms with van der Waals surface area (Å²) in [7, 11) is -3.89. The molecule has 1 aromatic rings. The number of benzene rings is 1. The Morgan fingerprint density at radius 1 is 0.943 bits per heavy atom. The predicted molar refractivity (Wildman–Crippen MR) is 132 cm³/mol. The van der Waals surface area contributed by atoms with Crippen LogP contribution < -0.4 is 5.32 Å². The van der Waals surface area contributed by atoms with Crippen LogP contribution in [0.4, 0.5) is 0 Å². The Morgan fingerprint density at radius 3 is 2.17 bits per heavy atom. The zero-order valence-electron chi connectivity index (χ0n) is 20.3. The zero-order valence-corrected chi connectivity index (χ0v) is 21.2. The third kappa shape index (κ3) is 6.61. The Morgan fingerprint density at radius 2 is 1.57 bits per heavy atom. The molecule has 0 radical (unpaired) electrons. The van der Waals surface area contributed by atoms with Gasteiger partial charge in [-0.2, -0.15) is 4.31 Å². The molecule has 1 saturated carbocycles. The van der Waals surface area contributed by atoms with Gasteiger partial charge >= 0.3 is 5.97 Å². The molecule has 3 fully saturated rings. The van der Waals surface area contributed by atoms with E-state index in [2.05, 4.69) is 10.2 Å². The standard InChI is InChI=1S/C25H38N4O5S/c30-24(31)19-29(35(33,34)23-4-2-1-3-5-23)18-20-6-8-21(9-7-20)25(32)28-16-14-27(15-17-28)22-10-12-26-13-11-22/h1-5,20-22,26H,6-19H2,(H,30,31). The van der Waals surface area contributed by atoms with Crippen LogP contribution in [0.2, 0.25) is 0 Å². The van der Waals surface area contributed by atoms with Gasteiger partial charge in [-0.3, -0.25) is 14.5 Å². The lowest BCUT2D eigenvalue weighted by Crippen LogP contribution is -2.55. The van der Waals surface area contributed by atoms with Crippen LogP contribution in [0, 0.1) is 11.8 Å². The highest BCUT2D eigenvalue weighted by Gasteiger charge is 2.35. The van der Waals surface area contributed by atoms with Crippen LogP contribution in [0.3, 0.4) is 0 Å². The Balaban J connectivity index is 1.28. The maximum Gasteiger partial charge on any atom is 0.318 e. The number of carbonyl (C=O) groups is 2. The molecule has 0 aromatic heterocycles. The molecule has 1 aliphatic carbocycles. The molecular weight excluding hydrogens is 468 g/mol. The highest BCUT2D eigenvalue weighted by atomic mass is 32.2. The number of nitrogens with one attached hydrogen (secondary N) is 1. The number of carboxylic acid groups (broad SMARTS) is 1. The van der Waals surface area contributed by atoms with Gasteiger partial charge in [0.25, 0.3) is 0 Å². The molecule has 4 rings (SSSR count). The fourth-order valence-electron chi connectivity index (χ4n) is 5.76. The van der Waals surface area contributed by atoms with Crippen molar-refractivity contribution >= 4 is 21.9 Å². The average Bonchev–Trinajstić information content (AvgIpc) is 2.89. The number of rotatable bonds is 8. The lowest BCUT2D eigenvalue weighted by molar-refractivity contribution is -0.139. The summed E-state index contributed by atoms with van der Waals surface area (Å²) in [4.78, 5) is 29.2. The maximum absolute atomic E-state index is 13.2. The number of hydrogen-bond donors (Lipinski definition) is 2. The van der Waals surface area contributed by atoms with E-state index in [-0.39, 0.29) is 29.2 Å². The zero-order chi connectivity index (χ0) is 24.8. The first-order valence-corrected chi connectivity index (χ1v) is 14.3. The molecule has 2 aliphatic heterocycles. The lowest BCUT2D eigenvalue weighted by atomic mass is 9.81. The van der Waals surface area contributed by atoms with Gasteiger partial charge in [0.05, 0.1) is 4.90 Å². The smallest absolute Gasteiger partial charge is 0.318 e. The molecule has 0 bridgehead atoms. The van der Waals surface area contributed by atoms with Crippen molar-refractivity contribution in [1.82, 2.24) is 19.4 Å². The van der Waals surface area contributed by atoms with E-state index < -0.39 is 22.5 Å². The Labute approximate surface area is 208 Å². The van der Waals surface area contributed by atoms with E-state index in [0.29, 0.717) is 6.04 Å². The minimum absolute atomic E-state index is 0.0182. The van der Waals surface area contributed by atoms with E-state index in [1.807, 2.05) is 4.90 Å². The van der Waals surface area contributed by atoms with Crippen LogP contribution in [-0.2, 0) is 19.6 Å². The number of sulfonamides is 1. The van der Waals surface area contributed by atoms with E-state index in [1.165, 1.54) is 25.0 Å². The molecule has 2 N–H and O–H groups in total. The summed E-state index contributed by atoms with van der Waals surface area (Å²) in [6.45, 7) is 5.19. The molecule has 10 heteroatoms. The van der Waals surface area contributed by atoms with E-state index in [1.54, 1.807) is 18.2 Å². The predicted octanol–water partition coefficient (Wildman–Crippen LogP) is 1.46. The Hall–Kier alpha value is -2.01. The van der Waals surface area contributed by atoms with Gasteiger partial charge in [0.15, 0.2) is 0 Å². The number of amides is 1. The number of carbonyl (C=O) groups excluding carboxylic acids is 1. The van der Waals surface area contributed by atoms with Crippen molar-refractivity contribution < 1.29 is 23.1 Å². The quantitative estimate of drug-likeness (QED) is 0.549. The molecule has 3 aliphatic rings. The van der Waals surface area contributed by atoms with Crippen LogP contribution in [-0.4, -0.2) is 97.9 Å². The maximum atomic E-state index is 13.2. The van der Waals surface area contributed by atoms with Crippen molar-refractivity contribution in [1.29, 1.82) is 0 Å². The first-order valence-electron chi connectivity index (χ1n) is 12.8. The number of aliphatic carboxylic acids is 1. The van der Waals surface area contributed by atoms with Gasteiger partial charge in [-0.1, -0.05) is 18.2 Å². The van der Waals surface area contributed by atoms with Crippen molar-refractivity contribution in [3.8, 4) is 0 Å². The molecule has 2 heterocycles. The highest BCUT2D eigenvalue weighted by molar-refractivity contribution is 7.89. The second-order valence-corrected chi connectivity index (χ2v) is 12.0. The Kier molecular flexibility index (Phi) is 8.80. The van der Waals surface area contributed by atoms with Gasteiger partial charge in [-0.05, 0) is 69.7 Å². The molecular formula is C25H38N4O5S.